The highest BCUT2D eigenvalue weighted by Gasteiger charge is 2.05. The number of thioether (sulfide) groups is 1. The van der Waals surface area contributed by atoms with Crippen LogP contribution in [0.2, 0.25) is 0 Å². The third kappa shape index (κ3) is 6.74. The lowest BCUT2D eigenvalue weighted by molar-refractivity contribution is -0.896. The molecular formula is C11H20N4O2S2. The van der Waals surface area contributed by atoms with Gasteiger partial charge in [0.2, 0.25) is 5.13 Å². The van der Waals surface area contributed by atoms with Gasteiger partial charge in [-0.1, -0.05) is 23.1 Å². The average molecular weight is 304 g/mol. The standard InChI is InChI=1S/C11H20N4O2S2/c1-3-15(4-2)7-5-6-12-10-13-14-11(19-10)18-8-9(16)17/h3-8H2,1-2H3,(H,12,13)(H,16,17). The molecule has 0 unspecified atom stereocenters. The Bertz CT molecular complexity index is 383. The SMILES string of the molecule is CC[NH+](CC)CCCNc1nnc(SCC(=O)[O-])s1. The normalized spacial score (nSPS) is 10.9. The molecule has 0 saturated carbocycles. The van der Waals surface area contributed by atoms with Crippen LogP contribution in [0.15, 0.2) is 4.34 Å². The highest BCUT2D eigenvalue weighted by atomic mass is 32.2. The zero-order valence-electron chi connectivity index (χ0n) is 11.3. The van der Waals surface area contributed by atoms with Crippen LogP contribution in [0.4, 0.5) is 5.13 Å². The first-order valence-electron chi connectivity index (χ1n) is 6.39. The fraction of sp³-hybridized carbons (Fsp3) is 0.727. The third-order valence-corrected chi connectivity index (χ3v) is 4.69. The van der Waals surface area contributed by atoms with E-state index in [1.165, 1.54) is 11.3 Å². The van der Waals surface area contributed by atoms with Crippen molar-refractivity contribution in [3.05, 3.63) is 0 Å². The molecule has 0 radical (unpaired) electrons. The largest absolute Gasteiger partial charge is 0.549 e. The molecule has 1 aromatic rings. The Morgan fingerprint density at radius 1 is 1.42 bits per heavy atom. The van der Waals surface area contributed by atoms with Crippen LogP contribution in [0.3, 0.4) is 0 Å². The van der Waals surface area contributed by atoms with E-state index in [4.69, 9.17) is 0 Å². The summed E-state index contributed by atoms with van der Waals surface area (Å²) in [5.74, 6) is -1.17. The van der Waals surface area contributed by atoms with E-state index in [9.17, 15) is 9.90 Å². The van der Waals surface area contributed by atoms with E-state index < -0.39 is 5.97 Å². The van der Waals surface area contributed by atoms with Gasteiger partial charge in [0.05, 0.1) is 25.6 Å². The first kappa shape index (κ1) is 16.2. The first-order valence-corrected chi connectivity index (χ1v) is 8.19. The number of nitrogens with one attached hydrogen (secondary N) is 2. The summed E-state index contributed by atoms with van der Waals surface area (Å²) in [6, 6.07) is 0. The topological polar surface area (TPSA) is 82.4 Å². The Kier molecular flexibility index (Phi) is 7.76. The molecule has 0 amide bonds. The summed E-state index contributed by atoms with van der Waals surface area (Å²) in [6.45, 7) is 8.70. The molecule has 6 nitrogen and oxygen atoms in total. The van der Waals surface area contributed by atoms with Crippen molar-refractivity contribution in [2.24, 2.45) is 0 Å². The second-order valence-corrected chi connectivity index (χ2v) is 6.22. The Labute approximate surface area is 121 Å². The molecule has 1 heterocycles. The van der Waals surface area contributed by atoms with E-state index >= 15 is 0 Å². The minimum Gasteiger partial charge on any atom is -0.549 e. The van der Waals surface area contributed by atoms with Gasteiger partial charge in [-0.3, -0.25) is 0 Å². The lowest BCUT2D eigenvalue weighted by atomic mass is 10.3. The summed E-state index contributed by atoms with van der Waals surface area (Å²) in [7, 11) is 0. The molecule has 19 heavy (non-hydrogen) atoms. The molecule has 108 valence electrons. The van der Waals surface area contributed by atoms with Gasteiger partial charge in [0.15, 0.2) is 4.34 Å². The minimum atomic E-state index is -1.09. The molecule has 2 N–H and O–H groups in total. The van der Waals surface area contributed by atoms with Crippen LogP contribution in [0.1, 0.15) is 20.3 Å². The highest BCUT2D eigenvalue weighted by molar-refractivity contribution is 8.01. The van der Waals surface area contributed by atoms with Crippen molar-refractivity contribution in [1.29, 1.82) is 0 Å². The lowest BCUT2D eigenvalue weighted by Crippen LogP contribution is -3.11. The molecule has 0 aliphatic heterocycles. The molecule has 1 rings (SSSR count). The maximum atomic E-state index is 10.3. The number of carboxylic acids is 1. The fourth-order valence-corrected chi connectivity index (χ4v) is 3.09. The number of carbonyl (C=O) groups excluding carboxylic acids is 1. The molecule has 0 atom stereocenters. The molecule has 0 aliphatic rings. The zero-order valence-corrected chi connectivity index (χ0v) is 12.9. The van der Waals surface area contributed by atoms with Gasteiger partial charge in [-0.25, -0.2) is 0 Å². The van der Waals surface area contributed by atoms with Crippen LogP contribution in [0.5, 0.6) is 0 Å². The van der Waals surface area contributed by atoms with Crippen molar-refractivity contribution in [2.75, 3.05) is 37.2 Å². The molecule has 0 bridgehead atoms. The van der Waals surface area contributed by atoms with Crippen molar-refractivity contribution in [1.82, 2.24) is 10.2 Å². The second kappa shape index (κ2) is 9.11. The molecule has 8 heteroatoms. The summed E-state index contributed by atoms with van der Waals surface area (Å²) in [6.07, 6.45) is 1.08. The van der Waals surface area contributed by atoms with Gasteiger partial charge in [-0.15, -0.1) is 10.2 Å². The van der Waals surface area contributed by atoms with E-state index in [0.29, 0.717) is 4.34 Å². The molecule has 0 saturated heterocycles. The van der Waals surface area contributed by atoms with Gasteiger partial charge < -0.3 is 20.1 Å². The number of hydrogen-bond acceptors (Lipinski definition) is 7. The maximum absolute atomic E-state index is 10.3. The fourth-order valence-electron chi connectivity index (χ4n) is 1.60. The molecule has 0 fully saturated rings. The summed E-state index contributed by atoms with van der Waals surface area (Å²) in [4.78, 5) is 11.9. The summed E-state index contributed by atoms with van der Waals surface area (Å²) in [5.41, 5.74) is 0. The van der Waals surface area contributed by atoms with Crippen molar-refractivity contribution in [3.8, 4) is 0 Å². The third-order valence-electron chi connectivity index (χ3n) is 2.70. The number of nitrogens with zero attached hydrogens (tertiary/aromatic N) is 2. The summed E-state index contributed by atoms with van der Waals surface area (Å²) < 4.78 is 0.654. The van der Waals surface area contributed by atoms with Gasteiger partial charge >= 0.3 is 0 Å². The van der Waals surface area contributed by atoms with Crippen LogP contribution in [-0.2, 0) is 4.79 Å². The number of aromatic nitrogens is 2. The Morgan fingerprint density at radius 2 is 2.16 bits per heavy atom. The quantitative estimate of drug-likeness (QED) is 0.431. The second-order valence-electron chi connectivity index (χ2n) is 4.02. The molecule has 0 aromatic carbocycles. The number of anilines is 1. The molecule has 0 aliphatic carbocycles. The summed E-state index contributed by atoms with van der Waals surface area (Å²) in [5, 5.41) is 22.1. The van der Waals surface area contributed by atoms with Gasteiger partial charge in [-0.2, -0.15) is 0 Å². The van der Waals surface area contributed by atoms with E-state index in [0.717, 1.165) is 49.5 Å². The van der Waals surface area contributed by atoms with Crippen molar-refractivity contribution < 1.29 is 14.8 Å². The number of quaternary nitrogens is 1. The van der Waals surface area contributed by atoms with Gasteiger partial charge in [0.1, 0.15) is 0 Å². The number of aliphatic carboxylic acids is 1. The smallest absolute Gasteiger partial charge is 0.206 e. The molecule has 0 spiro atoms. The highest BCUT2D eigenvalue weighted by Crippen LogP contribution is 2.24. The van der Waals surface area contributed by atoms with Gasteiger partial charge in [-0.05, 0) is 13.8 Å². The molecule has 1 aromatic heterocycles. The molecular weight excluding hydrogens is 284 g/mol. The number of carboxylic acid groups (broad SMARTS) is 1. The van der Waals surface area contributed by atoms with Crippen LogP contribution >= 0.6 is 23.1 Å². The predicted molar refractivity (Wildman–Crippen MR) is 75.7 cm³/mol. The number of hydrogen-bond donors (Lipinski definition) is 2. The Hall–Kier alpha value is -0.860. The van der Waals surface area contributed by atoms with Crippen molar-refractivity contribution >= 4 is 34.2 Å². The van der Waals surface area contributed by atoms with E-state index in [1.807, 2.05) is 0 Å². The van der Waals surface area contributed by atoms with Crippen LogP contribution in [0, 0.1) is 0 Å². The monoisotopic (exact) mass is 304 g/mol. The lowest BCUT2D eigenvalue weighted by Gasteiger charge is -2.14. The zero-order chi connectivity index (χ0) is 14.1. The predicted octanol–water partition coefficient (Wildman–Crippen LogP) is -0.893. The number of rotatable bonds is 10. The summed E-state index contributed by atoms with van der Waals surface area (Å²) >= 11 is 2.52. The van der Waals surface area contributed by atoms with E-state index in [1.54, 1.807) is 4.90 Å². The maximum Gasteiger partial charge on any atom is 0.206 e. The number of carbonyl (C=O) groups is 1. The minimum absolute atomic E-state index is 0.0834. The van der Waals surface area contributed by atoms with E-state index in [2.05, 4.69) is 29.4 Å². The van der Waals surface area contributed by atoms with Crippen molar-refractivity contribution in [3.63, 3.8) is 0 Å². The van der Waals surface area contributed by atoms with Crippen LogP contribution in [-0.4, -0.2) is 48.1 Å². The van der Waals surface area contributed by atoms with E-state index in [-0.39, 0.29) is 5.75 Å². The Balaban J connectivity index is 2.21. The van der Waals surface area contributed by atoms with Crippen LogP contribution < -0.4 is 15.3 Å². The van der Waals surface area contributed by atoms with Crippen LogP contribution in [0.25, 0.3) is 0 Å². The first-order chi connectivity index (χ1) is 9.15. The average Bonchev–Trinajstić information content (AvgIpc) is 2.84. The Morgan fingerprint density at radius 3 is 2.79 bits per heavy atom. The van der Waals surface area contributed by atoms with Gasteiger partial charge in [0, 0.05) is 18.7 Å². The van der Waals surface area contributed by atoms with Crippen molar-refractivity contribution in [2.45, 2.75) is 24.6 Å². The van der Waals surface area contributed by atoms with Gasteiger partial charge in [0.25, 0.3) is 0 Å².